The zero-order valence-electron chi connectivity index (χ0n) is 17.7. The van der Waals surface area contributed by atoms with E-state index in [9.17, 15) is 9.59 Å². The van der Waals surface area contributed by atoms with Gasteiger partial charge < -0.3 is 15.0 Å². The number of carbonyl (C=O) groups excluding carboxylic acids is 2. The van der Waals surface area contributed by atoms with Crippen molar-refractivity contribution in [1.29, 1.82) is 0 Å². The molecule has 0 fully saturated rings. The second-order valence-corrected chi connectivity index (χ2v) is 8.63. The maximum Gasteiger partial charge on any atom is 0.261 e. The second-order valence-electron chi connectivity index (χ2n) is 7.31. The lowest BCUT2D eigenvalue weighted by Gasteiger charge is -2.30. The van der Waals surface area contributed by atoms with Crippen LogP contribution in [0.5, 0.6) is 5.75 Å². The first kappa shape index (κ1) is 24.2. The highest BCUT2D eigenvalue weighted by molar-refractivity contribution is 9.10. The Labute approximate surface area is 191 Å². The first-order valence-corrected chi connectivity index (χ1v) is 11.1. The topological polar surface area (TPSA) is 58.6 Å². The van der Waals surface area contributed by atoms with Crippen LogP contribution in [0.4, 0.5) is 0 Å². The van der Waals surface area contributed by atoms with E-state index in [-0.39, 0.29) is 24.5 Å². The Hall–Kier alpha value is -2.05. The van der Waals surface area contributed by atoms with Gasteiger partial charge in [-0.25, -0.2) is 0 Å². The predicted molar refractivity (Wildman–Crippen MR) is 124 cm³/mol. The number of hydrogen-bond acceptors (Lipinski definition) is 3. The summed E-state index contributed by atoms with van der Waals surface area (Å²) in [6, 6.07) is 12.4. The van der Waals surface area contributed by atoms with Crippen molar-refractivity contribution in [3.8, 4) is 5.75 Å². The summed E-state index contributed by atoms with van der Waals surface area (Å²) in [5.74, 6) is -0.0576. The molecule has 0 aliphatic carbocycles. The number of benzene rings is 2. The molecule has 0 aromatic heterocycles. The minimum absolute atomic E-state index is 0.0354. The van der Waals surface area contributed by atoms with Crippen molar-refractivity contribution in [1.82, 2.24) is 10.2 Å². The van der Waals surface area contributed by atoms with Crippen LogP contribution in [-0.4, -0.2) is 35.4 Å². The van der Waals surface area contributed by atoms with Gasteiger partial charge in [0, 0.05) is 17.1 Å². The molecule has 1 N–H and O–H groups in total. The van der Waals surface area contributed by atoms with Crippen LogP contribution >= 0.6 is 27.5 Å². The van der Waals surface area contributed by atoms with Gasteiger partial charge in [0.25, 0.3) is 5.91 Å². The minimum atomic E-state index is -0.643. The lowest BCUT2D eigenvalue weighted by atomic mass is 10.1. The Morgan fingerprint density at radius 3 is 2.53 bits per heavy atom. The summed E-state index contributed by atoms with van der Waals surface area (Å²) in [5.41, 5.74) is 2.04. The molecule has 162 valence electrons. The highest BCUT2D eigenvalue weighted by Crippen LogP contribution is 2.27. The normalized spacial score (nSPS) is 12.7. The molecule has 2 aromatic rings. The van der Waals surface area contributed by atoms with Gasteiger partial charge in [-0.2, -0.15) is 0 Å². The van der Waals surface area contributed by atoms with Gasteiger partial charge in [0.2, 0.25) is 5.91 Å². The quantitative estimate of drug-likeness (QED) is 0.525. The maximum absolute atomic E-state index is 13.1. The van der Waals surface area contributed by atoms with Gasteiger partial charge in [-0.05, 0) is 56.5 Å². The monoisotopic (exact) mass is 494 g/mol. The van der Waals surface area contributed by atoms with Gasteiger partial charge >= 0.3 is 0 Å². The first-order chi connectivity index (χ1) is 14.2. The summed E-state index contributed by atoms with van der Waals surface area (Å²) < 4.78 is 6.48. The number of halogens is 2. The van der Waals surface area contributed by atoms with E-state index in [1.165, 1.54) is 0 Å². The molecule has 0 aliphatic heterocycles. The summed E-state index contributed by atoms with van der Waals surface area (Å²) >= 11 is 9.53. The molecule has 2 atom stereocenters. The molecular weight excluding hydrogens is 468 g/mol. The largest absolute Gasteiger partial charge is 0.482 e. The molecule has 0 radical (unpaired) electrons. The lowest BCUT2D eigenvalue weighted by molar-refractivity contribution is -0.142. The van der Waals surface area contributed by atoms with E-state index < -0.39 is 6.04 Å². The average Bonchev–Trinajstić information content (AvgIpc) is 2.71. The van der Waals surface area contributed by atoms with Crippen molar-refractivity contribution in [2.45, 2.75) is 52.7 Å². The SMILES string of the molecule is CC[C@H](C)NC(=O)[C@@H](C)N(Cc1ccccc1C)C(=O)COc1ccc(Br)cc1Cl. The van der Waals surface area contributed by atoms with Crippen LogP contribution in [0.25, 0.3) is 0 Å². The standard InChI is InChI=1S/C23H28BrClN2O3/c1-5-16(3)26-23(29)17(4)27(13-18-9-7-6-8-15(18)2)22(28)14-30-21-11-10-19(24)12-20(21)25/h6-12,16-17H,5,13-14H2,1-4H3,(H,26,29)/t16-,17+/m0/s1. The zero-order chi connectivity index (χ0) is 22.3. The summed E-state index contributed by atoms with van der Waals surface area (Å²) in [6.07, 6.45) is 0.815. The van der Waals surface area contributed by atoms with Gasteiger partial charge in [0.05, 0.1) is 5.02 Å². The number of amides is 2. The molecule has 5 nitrogen and oxygen atoms in total. The van der Waals surface area contributed by atoms with Gasteiger partial charge in [0.15, 0.2) is 6.61 Å². The van der Waals surface area contributed by atoms with E-state index >= 15 is 0 Å². The van der Waals surface area contributed by atoms with Crippen molar-refractivity contribution >= 4 is 39.3 Å². The molecule has 0 spiro atoms. The number of aryl methyl sites for hydroxylation is 1. The van der Waals surface area contributed by atoms with Crippen LogP contribution < -0.4 is 10.1 Å². The smallest absolute Gasteiger partial charge is 0.261 e. The third-order valence-corrected chi connectivity index (χ3v) is 5.80. The molecule has 0 saturated carbocycles. The third kappa shape index (κ3) is 6.74. The van der Waals surface area contributed by atoms with Gasteiger partial charge in [-0.3, -0.25) is 9.59 Å². The van der Waals surface area contributed by atoms with Crippen LogP contribution in [0.3, 0.4) is 0 Å². The first-order valence-electron chi connectivity index (χ1n) is 9.95. The predicted octanol–water partition coefficient (Wildman–Crippen LogP) is 5.12. The van der Waals surface area contributed by atoms with E-state index in [0.717, 1.165) is 22.0 Å². The molecular formula is C23H28BrClN2O3. The molecule has 2 aromatic carbocycles. The second kappa shape index (κ2) is 11.4. The van der Waals surface area contributed by atoms with E-state index in [2.05, 4.69) is 21.2 Å². The van der Waals surface area contributed by atoms with Crippen molar-refractivity contribution in [2.75, 3.05) is 6.61 Å². The van der Waals surface area contributed by atoms with E-state index in [1.807, 2.05) is 45.0 Å². The van der Waals surface area contributed by atoms with Crippen LogP contribution in [0.2, 0.25) is 5.02 Å². The summed E-state index contributed by atoms with van der Waals surface area (Å²) in [7, 11) is 0. The van der Waals surface area contributed by atoms with E-state index in [0.29, 0.717) is 17.3 Å². The maximum atomic E-state index is 13.1. The fourth-order valence-corrected chi connectivity index (χ4v) is 3.56. The molecule has 0 aliphatic rings. The van der Waals surface area contributed by atoms with E-state index in [1.54, 1.807) is 30.0 Å². The fraction of sp³-hybridized carbons (Fsp3) is 0.391. The fourth-order valence-electron chi connectivity index (χ4n) is 2.83. The average molecular weight is 496 g/mol. The number of ether oxygens (including phenoxy) is 1. The van der Waals surface area contributed by atoms with Gasteiger partial charge in [0.1, 0.15) is 11.8 Å². The Balaban J connectivity index is 2.19. The number of nitrogens with zero attached hydrogens (tertiary/aromatic N) is 1. The van der Waals surface area contributed by atoms with E-state index in [4.69, 9.17) is 16.3 Å². The highest BCUT2D eigenvalue weighted by Gasteiger charge is 2.27. The van der Waals surface area contributed by atoms with Crippen LogP contribution in [0, 0.1) is 6.92 Å². The molecule has 2 rings (SSSR count). The molecule has 7 heteroatoms. The molecule has 0 saturated heterocycles. The lowest BCUT2D eigenvalue weighted by Crippen LogP contribution is -2.50. The van der Waals surface area contributed by atoms with Crippen molar-refractivity contribution in [2.24, 2.45) is 0 Å². The molecule has 2 amide bonds. The Morgan fingerprint density at radius 2 is 1.90 bits per heavy atom. The Kier molecular flexibility index (Phi) is 9.18. The van der Waals surface area contributed by atoms with Gasteiger partial charge in [-0.15, -0.1) is 0 Å². The molecule has 0 heterocycles. The van der Waals surface area contributed by atoms with Crippen molar-refractivity contribution in [3.63, 3.8) is 0 Å². The summed E-state index contributed by atoms with van der Waals surface area (Å²) in [5, 5.41) is 3.36. The van der Waals surface area contributed by atoms with Crippen LogP contribution in [0.15, 0.2) is 46.9 Å². The minimum Gasteiger partial charge on any atom is -0.482 e. The Bertz CT molecular complexity index is 891. The highest BCUT2D eigenvalue weighted by atomic mass is 79.9. The summed E-state index contributed by atoms with van der Waals surface area (Å²) in [4.78, 5) is 27.4. The summed E-state index contributed by atoms with van der Waals surface area (Å²) in [6.45, 7) is 7.77. The number of nitrogens with one attached hydrogen (secondary N) is 1. The third-order valence-electron chi connectivity index (χ3n) is 5.02. The molecule has 30 heavy (non-hydrogen) atoms. The zero-order valence-corrected chi connectivity index (χ0v) is 20.1. The number of hydrogen-bond donors (Lipinski definition) is 1. The van der Waals surface area contributed by atoms with Crippen LogP contribution in [0.1, 0.15) is 38.3 Å². The number of rotatable bonds is 9. The number of carbonyl (C=O) groups is 2. The van der Waals surface area contributed by atoms with Crippen molar-refractivity contribution < 1.29 is 14.3 Å². The molecule has 0 unspecified atom stereocenters. The Morgan fingerprint density at radius 1 is 1.20 bits per heavy atom. The molecule has 0 bridgehead atoms. The van der Waals surface area contributed by atoms with Crippen molar-refractivity contribution in [3.05, 3.63) is 63.1 Å². The van der Waals surface area contributed by atoms with Gasteiger partial charge in [-0.1, -0.05) is 58.7 Å². The van der Waals surface area contributed by atoms with Crippen LogP contribution in [-0.2, 0) is 16.1 Å².